The number of benzene rings is 1. The molecule has 0 bridgehead atoms. The van der Waals surface area contributed by atoms with Crippen LogP contribution in [0.1, 0.15) is 12.8 Å². The molecule has 23 heavy (non-hydrogen) atoms. The van der Waals surface area contributed by atoms with Crippen molar-refractivity contribution in [2.24, 2.45) is 0 Å². The number of aromatic nitrogens is 2. The van der Waals surface area contributed by atoms with Gasteiger partial charge in [0.2, 0.25) is 5.88 Å². The number of anilines is 1. The first-order valence-electron chi connectivity index (χ1n) is 7.46. The Hall–Kier alpha value is -2.70. The third-order valence-corrected chi connectivity index (χ3v) is 3.60. The average molecular weight is 316 g/mol. The Morgan fingerprint density at radius 1 is 1.30 bits per heavy atom. The van der Waals surface area contributed by atoms with Gasteiger partial charge in [0, 0.05) is 24.5 Å². The van der Waals surface area contributed by atoms with Gasteiger partial charge in [-0.2, -0.15) is 5.10 Å². The van der Waals surface area contributed by atoms with E-state index in [1.807, 2.05) is 0 Å². The fraction of sp³-hybridized carbons (Fsp3) is 0.312. The number of piperidine rings is 1. The highest BCUT2D eigenvalue weighted by Crippen LogP contribution is 2.17. The number of amides is 2. The highest BCUT2D eigenvalue weighted by atomic mass is 19.1. The number of carbonyl (C=O) groups excluding carboxylic acids is 1. The molecule has 6 nitrogen and oxygen atoms in total. The molecule has 3 rings (SSSR count). The van der Waals surface area contributed by atoms with Crippen molar-refractivity contribution >= 4 is 11.7 Å². The molecular weight excluding hydrogens is 299 g/mol. The summed E-state index contributed by atoms with van der Waals surface area (Å²) in [7, 11) is 0. The van der Waals surface area contributed by atoms with E-state index in [0.717, 1.165) is 12.8 Å². The zero-order chi connectivity index (χ0) is 16.1. The summed E-state index contributed by atoms with van der Waals surface area (Å²) < 4.78 is 18.6. The quantitative estimate of drug-likeness (QED) is 0.945. The molecule has 1 unspecified atom stereocenters. The minimum atomic E-state index is -0.335. The Kier molecular flexibility index (Phi) is 4.65. The number of urea groups is 1. The predicted molar refractivity (Wildman–Crippen MR) is 82.7 cm³/mol. The van der Waals surface area contributed by atoms with Gasteiger partial charge in [-0.3, -0.25) is 0 Å². The number of hydrogen-bond donors (Lipinski definition) is 1. The Labute approximate surface area is 133 Å². The summed E-state index contributed by atoms with van der Waals surface area (Å²) in [6.45, 7) is 1.14. The van der Waals surface area contributed by atoms with E-state index in [2.05, 4.69) is 15.5 Å². The van der Waals surface area contributed by atoms with Crippen molar-refractivity contribution in [3.05, 3.63) is 48.4 Å². The SMILES string of the molecule is O=C(Nc1ccc(F)cc1)N1CCCC(Oc2cccnn2)C1. The van der Waals surface area contributed by atoms with Gasteiger partial charge in [-0.15, -0.1) is 5.10 Å². The Bertz CT molecular complexity index is 651. The number of carbonyl (C=O) groups is 1. The minimum absolute atomic E-state index is 0.112. The molecule has 2 aromatic rings. The molecule has 1 saturated heterocycles. The molecule has 120 valence electrons. The number of likely N-dealkylation sites (tertiary alicyclic amines) is 1. The van der Waals surface area contributed by atoms with Gasteiger partial charge >= 0.3 is 6.03 Å². The van der Waals surface area contributed by atoms with Gasteiger partial charge < -0.3 is 15.0 Å². The molecule has 1 atom stereocenters. The maximum atomic E-state index is 12.9. The second-order valence-corrected chi connectivity index (χ2v) is 5.33. The summed E-state index contributed by atoms with van der Waals surface area (Å²) in [5, 5.41) is 10.4. The fourth-order valence-electron chi connectivity index (χ4n) is 2.48. The van der Waals surface area contributed by atoms with Crippen molar-refractivity contribution in [3.8, 4) is 5.88 Å². The zero-order valence-electron chi connectivity index (χ0n) is 12.5. The summed E-state index contributed by atoms with van der Waals surface area (Å²) in [4.78, 5) is 14.0. The molecule has 1 aromatic carbocycles. The second kappa shape index (κ2) is 7.04. The Balaban J connectivity index is 1.57. The van der Waals surface area contributed by atoms with Crippen molar-refractivity contribution in [2.45, 2.75) is 18.9 Å². The number of nitrogens with one attached hydrogen (secondary N) is 1. The molecule has 2 heterocycles. The van der Waals surface area contributed by atoms with Crippen molar-refractivity contribution in [1.29, 1.82) is 0 Å². The van der Waals surface area contributed by atoms with Crippen LogP contribution >= 0.6 is 0 Å². The average Bonchev–Trinajstić information content (AvgIpc) is 2.58. The maximum absolute atomic E-state index is 12.9. The molecule has 7 heteroatoms. The van der Waals surface area contributed by atoms with E-state index >= 15 is 0 Å². The smallest absolute Gasteiger partial charge is 0.321 e. The van der Waals surface area contributed by atoms with E-state index in [9.17, 15) is 9.18 Å². The summed E-state index contributed by atoms with van der Waals surface area (Å²) in [5.41, 5.74) is 0.563. The van der Waals surface area contributed by atoms with Gasteiger partial charge in [0.15, 0.2) is 0 Å². The lowest BCUT2D eigenvalue weighted by molar-refractivity contribution is 0.102. The van der Waals surface area contributed by atoms with E-state index in [1.165, 1.54) is 24.3 Å². The van der Waals surface area contributed by atoms with Crippen molar-refractivity contribution in [2.75, 3.05) is 18.4 Å². The largest absolute Gasteiger partial charge is 0.471 e. The third-order valence-electron chi connectivity index (χ3n) is 3.60. The van der Waals surface area contributed by atoms with Gasteiger partial charge in [-0.25, -0.2) is 9.18 Å². The lowest BCUT2D eigenvalue weighted by atomic mass is 10.1. The molecule has 0 spiro atoms. The highest BCUT2D eigenvalue weighted by Gasteiger charge is 2.25. The van der Waals surface area contributed by atoms with Crippen LogP contribution in [0, 0.1) is 5.82 Å². The molecule has 1 N–H and O–H groups in total. The van der Waals surface area contributed by atoms with Crippen LogP contribution in [0.15, 0.2) is 42.6 Å². The van der Waals surface area contributed by atoms with Gasteiger partial charge in [-0.1, -0.05) is 0 Å². The molecule has 1 aromatic heterocycles. The monoisotopic (exact) mass is 316 g/mol. The van der Waals surface area contributed by atoms with Gasteiger partial charge in [0.05, 0.1) is 6.54 Å². The summed E-state index contributed by atoms with van der Waals surface area (Å²) in [6, 6.07) is 8.96. The lowest BCUT2D eigenvalue weighted by Crippen LogP contribution is -2.46. The Morgan fingerprint density at radius 2 is 2.13 bits per heavy atom. The lowest BCUT2D eigenvalue weighted by Gasteiger charge is -2.32. The topological polar surface area (TPSA) is 67.4 Å². The molecular formula is C16H17FN4O2. The van der Waals surface area contributed by atoms with Crippen LogP contribution in [-0.2, 0) is 0 Å². The number of nitrogens with zero attached hydrogens (tertiary/aromatic N) is 3. The summed E-state index contributed by atoms with van der Waals surface area (Å²) in [6.07, 6.45) is 3.17. The van der Waals surface area contributed by atoms with Gasteiger partial charge in [0.1, 0.15) is 11.9 Å². The fourth-order valence-corrected chi connectivity index (χ4v) is 2.48. The van der Waals surface area contributed by atoms with Crippen LogP contribution < -0.4 is 10.1 Å². The maximum Gasteiger partial charge on any atom is 0.321 e. The molecule has 1 aliphatic heterocycles. The van der Waals surface area contributed by atoms with Crippen LogP contribution in [0.25, 0.3) is 0 Å². The second-order valence-electron chi connectivity index (χ2n) is 5.33. The van der Waals surface area contributed by atoms with Crippen LogP contribution in [-0.4, -0.2) is 40.3 Å². The van der Waals surface area contributed by atoms with Crippen molar-refractivity contribution in [3.63, 3.8) is 0 Å². The third kappa shape index (κ3) is 4.15. The molecule has 1 fully saturated rings. The summed E-state index contributed by atoms with van der Waals surface area (Å²) in [5.74, 6) is 0.122. The van der Waals surface area contributed by atoms with E-state index in [4.69, 9.17) is 4.74 Å². The first-order valence-corrected chi connectivity index (χ1v) is 7.46. The standard InChI is InChI=1S/C16H17FN4O2/c17-12-5-7-13(8-6-12)19-16(22)21-10-2-3-14(11-21)23-15-4-1-9-18-20-15/h1,4-9,14H,2-3,10-11H2,(H,19,22). The number of rotatable bonds is 3. The molecule has 0 radical (unpaired) electrons. The van der Waals surface area contributed by atoms with Crippen LogP contribution in [0.5, 0.6) is 5.88 Å². The van der Waals surface area contributed by atoms with E-state index in [-0.39, 0.29) is 18.0 Å². The van der Waals surface area contributed by atoms with Gasteiger partial charge in [0.25, 0.3) is 0 Å². The van der Waals surface area contributed by atoms with E-state index < -0.39 is 0 Å². The molecule has 2 amide bonds. The number of halogens is 1. The van der Waals surface area contributed by atoms with Crippen LogP contribution in [0.3, 0.4) is 0 Å². The van der Waals surface area contributed by atoms with E-state index in [0.29, 0.717) is 24.7 Å². The predicted octanol–water partition coefficient (Wildman–Crippen LogP) is 2.69. The highest BCUT2D eigenvalue weighted by molar-refractivity contribution is 5.89. The van der Waals surface area contributed by atoms with Crippen molar-refractivity contribution in [1.82, 2.24) is 15.1 Å². The minimum Gasteiger partial charge on any atom is -0.471 e. The number of ether oxygens (including phenoxy) is 1. The van der Waals surface area contributed by atoms with Crippen molar-refractivity contribution < 1.29 is 13.9 Å². The molecule has 0 aliphatic carbocycles. The molecule has 1 aliphatic rings. The first-order chi connectivity index (χ1) is 11.2. The molecule has 0 saturated carbocycles. The summed E-state index contributed by atoms with van der Waals surface area (Å²) >= 11 is 0. The van der Waals surface area contributed by atoms with Gasteiger partial charge in [-0.05, 0) is 43.2 Å². The zero-order valence-corrected chi connectivity index (χ0v) is 12.5. The Morgan fingerprint density at radius 3 is 2.87 bits per heavy atom. The van der Waals surface area contributed by atoms with Crippen LogP contribution in [0.2, 0.25) is 0 Å². The van der Waals surface area contributed by atoms with E-state index in [1.54, 1.807) is 23.2 Å². The first kappa shape index (κ1) is 15.2. The normalized spacial score (nSPS) is 17.6. The number of hydrogen-bond acceptors (Lipinski definition) is 4. The van der Waals surface area contributed by atoms with Crippen LogP contribution in [0.4, 0.5) is 14.9 Å².